The second-order valence-electron chi connectivity index (χ2n) is 4.54. The molecule has 2 aromatic heterocycles. The number of thiazole rings is 1. The average molecular weight is 279 g/mol. The highest BCUT2D eigenvalue weighted by Crippen LogP contribution is 2.28. The average Bonchev–Trinajstić information content (AvgIpc) is 2.73. The third-order valence-corrected chi connectivity index (χ3v) is 4.42. The lowest BCUT2D eigenvalue weighted by Gasteiger charge is -2.05. The number of rotatable bonds is 4. The number of hydrogen-bond donors (Lipinski definition) is 0. The molecule has 2 rings (SSSR count). The van der Waals surface area contributed by atoms with Crippen molar-refractivity contribution in [2.24, 2.45) is 0 Å². The molecule has 3 nitrogen and oxygen atoms in total. The van der Waals surface area contributed by atoms with Gasteiger partial charge in [0.15, 0.2) is 5.16 Å². The third kappa shape index (κ3) is 3.29. The predicted molar refractivity (Wildman–Crippen MR) is 77.3 cm³/mol. The van der Waals surface area contributed by atoms with E-state index in [1.165, 1.54) is 10.6 Å². The molecule has 0 fully saturated rings. The van der Waals surface area contributed by atoms with Crippen molar-refractivity contribution in [2.75, 3.05) is 0 Å². The number of hydrogen-bond acceptors (Lipinski definition) is 5. The summed E-state index contributed by atoms with van der Waals surface area (Å²) in [6, 6.07) is 2.00. The quantitative estimate of drug-likeness (QED) is 0.627. The zero-order valence-corrected chi connectivity index (χ0v) is 12.7. The Morgan fingerprint density at radius 2 is 1.89 bits per heavy atom. The summed E-state index contributed by atoms with van der Waals surface area (Å²) in [4.78, 5) is 14.6. The molecule has 0 aromatic carbocycles. The number of thioether (sulfide) groups is 1. The summed E-state index contributed by atoms with van der Waals surface area (Å²) in [5.74, 6) is 1.38. The second-order valence-corrected chi connectivity index (χ2v) is 6.42. The van der Waals surface area contributed by atoms with Crippen LogP contribution < -0.4 is 0 Å². The molecule has 2 aromatic rings. The van der Waals surface area contributed by atoms with Gasteiger partial charge in [-0.2, -0.15) is 0 Å². The molecular weight excluding hydrogens is 262 g/mol. The number of aryl methyl sites for hydroxylation is 2. The highest BCUT2D eigenvalue weighted by molar-refractivity contribution is 7.98. The molecule has 0 saturated carbocycles. The monoisotopic (exact) mass is 279 g/mol. The van der Waals surface area contributed by atoms with Crippen LogP contribution in [0.25, 0.3) is 0 Å². The Morgan fingerprint density at radius 1 is 1.22 bits per heavy atom. The fourth-order valence-corrected chi connectivity index (χ4v) is 3.72. The minimum atomic E-state index is 0.479. The van der Waals surface area contributed by atoms with Gasteiger partial charge in [-0.05, 0) is 25.8 Å². The van der Waals surface area contributed by atoms with E-state index in [1.807, 2.05) is 25.4 Å². The smallest absolute Gasteiger partial charge is 0.188 e. The largest absolute Gasteiger partial charge is 0.249 e. The van der Waals surface area contributed by atoms with E-state index in [0.29, 0.717) is 5.92 Å². The zero-order valence-electron chi connectivity index (χ0n) is 11.1. The van der Waals surface area contributed by atoms with Gasteiger partial charge in [-0.15, -0.1) is 11.3 Å². The molecule has 0 radical (unpaired) electrons. The first-order valence-corrected chi connectivity index (χ1v) is 7.80. The van der Waals surface area contributed by atoms with E-state index < -0.39 is 0 Å². The molecular formula is C13H17N3S2. The minimum absolute atomic E-state index is 0.479. The molecule has 96 valence electrons. The van der Waals surface area contributed by atoms with Crippen LogP contribution in [0.4, 0.5) is 0 Å². The Bertz CT molecular complexity index is 515. The van der Waals surface area contributed by atoms with E-state index in [-0.39, 0.29) is 0 Å². The summed E-state index contributed by atoms with van der Waals surface area (Å²) in [5.41, 5.74) is 5.18. The van der Waals surface area contributed by atoms with E-state index >= 15 is 0 Å². The van der Waals surface area contributed by atoms with Crippen molar-refractivity contribution < 1.29 is 0 Å². The molecule has 0 aliphatic carbocycles. The van der Waals surface area contributed by atoms with Crippen LogP contribution in [0.1, 0.15) is 41.7 Å². The van der Waals surface area contributed by atoms with Crippen LogP contribution in [0.15, 0.2) is 16.7 Å². The topological polar surface area (TPSA) is 38.7 Å². The van der Waals surface area contributed by atoms with Crippen molar-refractivity contribution in [3.8, 4) is 0 Å². The molecule has 18 heavy (non-hydrogen) atoms. The number of nitrogens with zero attached hydrogens (tertiary/aromatic N) is 3. The minimum Gasteiger partial charge on any atom is -0.249 e. The molecule has 0 unspecified atom stereocenters. The Balaban J connectivity index is 2.09. The molecule has 0 bridgehead atoms. The summed E-state index contributed by atoms with van der Waals surface area (Å²) >= 11 is 3.40. The maximum atomic E-state index is 4.44. The Morgan fingerprint density at radius 3 is 2.50 bits per heavy atom. The first-order valence-electron chi connectivity index (χ1n) is 5.93. The van der Waals surface area contributed by atoms with E-state index in [1.54, 1.807) is 23.1 Å². The molecule has 0 amide bonds. The highest BCUT2D eigenvalue weighted by Gasteiger charge is 2.11. The van der Waals surface area contributed by atoms with E-state index in [4.69, 9.17) is 0 Å². The van der Waals surface area contributed by atoms with Crippen LogP contribution >= 0.6 is 23.1 Å². The van der Waals surface area contributed by atoms with E-state index in [0.717, 1.165) is 22.3 Å². The van der Waals surface area contributed by atoms with Gasteiger partial charge in [0.2, 0.25) is 0 Å². The van der Waals surface area contributed by atoms with E-state index in [9.17, 15) is 0 Å². The molecule has 5 heteroatoms. The Hall–Kier alpha value is -0.940. The first-order chi connectivity index (χ1) is 8.56. The van der Waals surface area contributed by atoms with Crippen LogP contribution in [-0.2, 0) is 5.75 Å². The van der Waals surface area contributed by atoms with Gasteiger partial charge < -0.3 is 0 Å². The van der Waals surface area contributed by atoms with Crippen LogP contribution in [0, 0.1) is 13.8 Å². The van der Waals surface area contributed by atoms with Crippen LogP contribution in [-0.4, -0.2) is 15.0 Å². The Labute approximate surface area is 116 Å². The van der Waals surface area contributed by atoms with Crippen molar-refractivity contribution in [3.63, 3.8) is 0 Å². The van der Waals surface area contributed by atoms with Gasteiger partial charge in [0.25, 0.3) is 0 Å². The van der Waals surface area contributed by atoms with Gasteiger partial charge in [0, 0.05) is 22.0 Å². The van der Waals surface area contributed by atoms with Crippen molar-refractivity contribution in [2.45, 2.75) is 44.5 Å². The van der Waals surface area contributed by atoms with Gasteiger partial charge in [-0.3, -0.25) is 0 Å². The molecule has 2 heterocycles. The lowest BCUT2D eigenvalue weighted by atomic mass is 10.1. The van der Waals surface area contributed by atoms with Crippen LogP contribution in [0.2, 0.25) is 0 Å². The molecule has 0 N–H and O–H groups in total. The zero-order chi connectivity index (χ0) is 13.1. The van der Waals surface area contributed by atoms with Crippen molar-refractivity contribution in [1.29, 1.82) is 0 Å². The summed E-state index contributed by atoms with van der Waals surface area (Å²) in [5, 5.41) is 0.857. The van der Waals surface area contributed by atoms with Crippen LogP contribution in [0.5, 0.6) is 0 Å². The second kappa shape index (κ2) is 5.80. The van der Waals surface area contributed by atoms with Crippen molar-refractivity contribution in [1.82, 2.24) is 15.0 Å². The van der Waals surface area contributed by atoms with Crippen LogP contribution in [0.3, 0.4) is 0 Å². The van der Waals surface area contributed by atoms with Gasteiger partial charge in [-0.25, -0.2) is 15.0 Å². The molecule has 0 spiro atoms. The Kier molecular flexibility index (Phi) is 4.35. The molecule has 0 saturated heterocycles. The van der Waals surface area contributed by atoms with Gasteiger partial charge in [-0.1, -0.05) is 25.6 Å². The fourth-order valence-electron chi connectivity index (χ4n) is 1.75. The summed E-state index contributed by atoms with van der Waals surface area (Å²) in [6.07, 6.45) is 0. The highest BCUT2D eigenvalue weighted by atomic mass is 32.2. The standard InChI is InChI=1S/C13H17N3S2/c1-8(2)12-11(18-7-14-12)6-17-13-15-9(3)5-10(4)16-13/h5,7-8H,6H2,1-4H3. The molecule has 0 atom stereocenters. The maximum absolute atomic E-state index is 4.44. The normalized spacial score (nSPS) is 11.2. The van der Waals surface area contributed by atoms with Crippen molar-refractivity contribution >= 4 is 23.1 Å². The van der Waals surface area contributed by atoms with E-state index in [2.05, 4.69) is 28.8 Å². The van der Waals surface area contributed by atoms with Gasteiger partial charge in [0.1, 0.15) is 0 Å². The third-order valence-electron chi connectivity index (χ3n) is 2.51. The van der Waals surface area contributed by atoms with Crippen molar-refractivity contribution in [3.05, 3.63) is 33.5 Å². The summed E-state index contributed by atoms with van der Waals surface area (Å²) in [6.45, 7) is 8.36. The van der Waals surface area contributed by atoms with Gasteiger partial charge >= 0.3 is 0 Å². The lowest BCUT2D eigenvalue weighted by molar-refractivity contribution is 0.823. The van der Waals surface area contributed by atoms with Gasteiger partial charge in [0.05, 0.1) is 11.2 Å². The summed E-state index contributed by atoms with van der Waals surface area (Å²) in [7, 11) is 0. The molecule has 0 aliphatic rings. The SMILES string of the molecule is Cc1cc(C)nc(SCc2scnc2C(C)C)n1. The summed E-state index contributed by atoms with van der Waals surface area (Å²) < 4.78 is 0. The number of aromatic nitrogens is 3. The predicted octanol–water partition coefficient (Wildman–Crippen LogP) is 3.97. The first kappa shape index (κ1) is 13.5. The lowest BCUT2D eigenvalue weighted by Crippen LogP contribution is -1.95. The maximum Gasteiger partial charge on any atom is 0.188 e. The fraction of sp³-hybridized carbons (Fsp3) is 0.462. The molecule has 0 aliphatic heterocycles.